The van der Waals surface area contributed by atoms with Crippen molar-refractivity contribution in [2.75, 3.05) is 6.61 Å². The molecule has 0 amide bonds. The van der Waals surface area contributed by atoms with Gasteiger partial charge >= 0.3 is 5.97 Å². The average molecular weight is 418 g/mol. The maximum absolute atomic E-state index is 12.2. The topological polar surface area (TPSA) is 26.3 Å². The summed E-state index contributed by atoms with van der Waals surface area (Å²) in [5, 5.41) is 2.92. The normalized spacial score (nSPS) is 10.9. The number of carbonyl (C=O) groups excluding carboxylic acids is 1. The first-order chi connectivity index (χ1) is 12.0. The highest BCUT2D eigenvalue weighted by Gasteiger charge is 2.17. The number of hydrogen-bond donors (Lipinski definition) is 0. The number of aryl methyl sites for hydroxylation is 1. The summed E-state index contributed by atoms with van der Waals surface area (Å²) in [7, 11) is 0. The van der Waals surface area contributed by atoms with E-state index in [9.17, 15) is 4.79 Å². The summed E-state index contributed by atoms with van der Waals surface area (Å²) >= 11 is 9.61. The largest absolute Gasteiger partial charge is 0.466 e. The summed E-state index contributed by atoms with van der Waals surface area (Å²) in [5.74, 6) is -0.213. The fraction of sp³-hybridized carbons (Fsp3) is 0.190. The molecule has 0 aromatic heterocycles. The maximum atomic E-state index is 12.2. The van der Waals surface area contributed by atoms with Crippen molar-refractivity contribution in [1.82, 2.24) is 0 Å². The van der Waals surface area contributed by atoms with Gasteiger partial charge in [0.2, 0.25) is 0 Å². The molecule has 25 heavy (non-hydrogen) atoms. The van der Waals surface area contributed by atoms with Crippen molar-refractivity contribution in [1.29, 1.82) is 0 Å². The molecule has 0 spiro atoms. The molecule has 0 radical (unpaired) electrons. The van der Waals surface area contributed by atoms with E-state index in [2.05, 4.69) is 34.1 Å². The standard InChI is InChI=1S/C21H18BrClO2/c1-3-25-20(24)12-18-13(2)10-15-4-7-16(22)11-19(15)21(18)14-5-8-17(23)9-6-14/h4-11H,3,12H2,1-2H3. The molecule has 0 aliphatic carbocycles. The Morgan fingerprint density at radius 3 is 2.52 bits per heavy atom. The molecule has 3 rings (SSSR count). The zero-order chi connectivity index (χ0) is 18.0. The Kier molecular flexibility index (Phi) is 5.45. The molecule has 0 atom stereocenters. The molecule has 0 aliphatic heterocycles. The molecule has 0 aliphatic rings. The van der Waals surface area contributed by atoms with Crippen LogP contribution in [0, 0.1) is 6.92 Å². The van der Waals surface area contributed by atoms with Gasteiger partial charge in [-0.05, 0) is 71.1 Å². The summed E-state index contributed by atoms with van der Waals surface area (Å²) < 4.78 is 6.18. The third-order valence-corrected chi connectivity index (χ3v) is 4.94. The lowest BCUT2D eigenvalue weighted by atomic mass is 9.88. The lowest BCUT2D eigenvalue weighted by molar-refractivity contribution is -0.142. The minimum absolute atomic E-state index is 0.213. The molecule has 4 heteroatoms. The monoisotopic (exact) mass is 416 g/mol. The third kappa shape index (κ3) is 3.88. The predicted octanol–water partition coefficient (Wildman–Crippen LogP) is 6.34. The fourth-order valence-corrected chi connectivity index (χ4v) is 3.57. The van der Waals surface area contributed by atoms with Gasteiger partial charge in [0.05, 0.1) is 13.0 Å². The average Bonchev–Trinajstić information content (AvgIpc) is 2.57. The molecule has 0 heterocycles. The van der Waals surface area contributed by atoms with E-state index in [4.69, 9.17) is 16.3 Å². The van der Waals surface area contributed by atoms with Crippen molar-refractivity contribution in [2.24, 2.45) is 0 Å². The number of hydrogen-bond acceptors (Lipinski definition) is 2. The van der Waals surface area contributed by atoms with Crippen molar-refractivity contribution in [3.05, 3.63) is 69.2 Å². The van der Waals surface area contributed by atoms with Crippen molar-refractivity contribution in [3.63, 3.8) is 0 Å². The molecular weight excluding hydrogens is 400 g/mol. The lowest BCUT2D eigenvalue weighted by Gasteiger charge is -2.17. The van der Waals surface area contributed by atoms with Crippen molar-refractivity contribution in [3.8, 4) is 11.1 Å². The quantitative estimate of drug-likeness (QED) is 0.463. The van der Waals surface area contributed by atoms with E-state index in [1.165, 1.54) is 0 Å². The molecule has 3 aromatic rings. The SMILES string of the molecule is CCOC(=O)Cc1c(C)cc2ccc(Br)cc2c1-c1ccc(Cl)cc1. The van der Waals surface area contributed by atoms with Crippen LogP contribution in [0.4, 0.5) is 0 Å². The van der Waals surface area contributed by atoms with Crippen LogP contribution in [0.25, 0.3) is 21.9 Å². The minimum Gasteiger partial charge on any atom is -0.466 e. The van der Waals surface area contributed by atoms with Crippen molar-refractivity contribution < 1.29 is 9.53 Å². The van der Waals surface area contributed by atoms with Gasteiger partial charge in [-0.25, -0.2) is 0 Å². The Hall–Kier alpha value is -1.84. The van der Waals surface area contributed by atoms with Gasteiger partial charge in [-0.1, -0.05) is 51.8 Å². The van der Waals surface area contributed by atoms with Gasteiger partial charge in [0.25, 0.3) is 0 Å². The van der Waals surface area contributed by atoms with Gasteiger partial charge in [0, 0.05) is 9.50 Å². The van der Waals surface area contributed by atoms with Crippen LogP contribution >= 0.6 is 27.5 Å². The highest BCUT2D eigenvalue weighted by molar-refractivity contribution is 9.10. The highest BCUT2D eigenvalue weighted by atomic mass is 79.9. The number of fused-ring (bicyclic) bond motifs is 1. The van der Waals surface area contributed by atoms with Gasteiger partial charge < -0.3 is 4.74 Å². The summed E-state index contributed by atoms with van der Waals surface area (Å²) in [4.78, 5) is 12.2. The molecule has 3 aromatic carbocycles. The summed E-state index contributed by atoms with van der Waals surface area (Å²) in [6.07, 6.45) is 0.250. The Morgan fingerprint density at radius 1 is 1.12 bits per heavy atom. The van der Waals surface area contributed by atoms with Gasteiger partial charge in [0.1, 0.15) is 0 Å². The van der Waals surface area contributed by atoms with Gasteiger partial charge in [-0.3, -0.25) is 4.79 Å². The Morgan fingerprint density at radius 2 is 1.84 bits per heavy atom. The molecule has 0 unspecified atom stereocenters. The molecule has 2 nitrogen and oxygen atoms in total. The number of carbonyl (C=O) groups is 1. The second kappa shape index (κ2) is 7.59. The van der Waals surface area contributed by atoms with Crippen LogP contribution in [0.5, 0.6) is 0 Å². The van der Waals surface area contributed by atoms with E-state index < -0.39 is 0 Å². The number of halogens is 2. The Balaban J connectivity index is 2.28. The molecule has 0 saturated carbocycles. The first-order valence-electron chi connectivity index (χ1n) is 8.13. The number of benzene rings is 3. The number of ether oxygens (including phenoxy) is 1. The molecule has 0 bridgehead atoms. The van der Waals surface area contributed by atoms with E-state index >= 15 is 0 Å². The van der Waals surface area contributed by atoms with Crippen molar-refractivity contribution >= 4 is 44.3 Å². The first-order valence-corrected chi connectivity index (χ1v) is 9.30. The summed E-state index contributed by atoms with van der Waals surface area (Å²) in [6, 6.07) is 16.0. The lowest BCUT2D eigenvalue weighted by Crippen LogP contribution is -2.10. The Labute approximate surface area is 160 Å². The maximum Gasteiger partial charge on any atom is 0.310 e. The second-order valence-electron chi connectivity index (χ2n) is 5.90. The molecule has 128 valence electrons. The van der Waals surface area contributed by atoms with E-state index in [0.717, 1.165) is 37.5 Å². The van der Waals surface area contributed by atoms with Gasteiger partial charge in [-0.2, -0.15) is 0 Å². The molecule has 0 fully saturated rings. The van der Waals surface area contributed by atoms with Crippen LogP contribution < -0.4 is 0 Å². The highest BCUT2D eigenvalue weighted by Crippen LogP contribution is 2.36. The van der Waals surface area contributed by atoms with Gasteiger partial charge in [-0.15, -0.1) is 0 Å². The van der Waals surface area contributed by atoms with E-state index in [0.29, 0.717) is 11.6 Å². The summed E-state index contributed by atoms with van der Waals surface area (Å²) in [6.45, 7) is 4.24. The smallest absolute Gasteiger partial charge is 0.310 e. The fourth-order valence-electron chi connectivity index (χ4n) is 3.08. The van der Waals surface area contributed by atoms with Crippen molar-refractivity contribution in [2.45, 2.75) is 20.3 Å². The zero-order valence-corrected chi connectivity index (χ0v) is 16.4. The van der Waals surface area contributed by atoms with Crippen LogP contribution in [0.2, 0.25) is 5.02 Å². The molecule has 0 saturated heterocycles. The minimum atomic E-state index is -0.213. The Bertz CT molecular complexity index is 933. The zero-order valence-electron chi connectivity index (χ0n) is 14.1. The molecule has 0 N–H and O–H groups in total. The molecular formula is C21H18BrClO2. The van der Waals surface area contributed by atoms with Crippen LogP contribution in [0.15, 0.2) is 53.0 Å². The first kappa shape index (κ1) is 18.0. The van der Waals surface area contributed by atoms with Crippen LogP contribution in [-0.4, -0.2) is 12.6 Å². The third-order valence-electron chi connectivity index (χ3n) is 4.19. The number of rotatable bonds is 4. The van der Waals surface area contributed by atoms with Crippen LogP contribution in [0.1, 0.15) is 18.1 Å². The van der Waals surface area contributed by atoms with E-state index in [1.54, 1.807) is 0 Å². The van der Waals surface area contributed by atoms with E-state index in [-0.39, 0.29) is 12.4 Å². The summed E-state index contributed by atoms with van der Waals surface area (Å²) in [5.41, 5.74) is 4.16. The predicted molar refractivity (Wildman–Crippen MR) is 107 cm³/mol. The van der Waals surface area contributed by atoms with Crippen LogP contribution in [-0.2, 0) is 16.0 Å². The van der Waals surface area contributed by atoms with Crippen LogP contribution in [0.3, 0.4) is 0 Å². The van der Waals surface area contributed by atoms with E-state index in [1.807, 2.05) is 44.2 Å². The van der Waals surface area contributed by atoms with Gasteiger partial charge in [0.15, 0.2) is 0 Å². The second-order valence-corrected chi connectivity index (χ2v) is 7.25. The number of esters is 1.